The molecule has 0 radical (unpaired) electrons. The molecule has 224 valence electrons. The fourth-order valence-electron chi connectivity index (χ4n) is 6.80. The largest absolute Gasteiger partial charge is 0.208 e. The van der Waals surface area contributed by atoms with Crippen molar-refractivity contribution in [1.29, 1.82) is 0 Å². The lowest BCUT2D eigenvalue weighted by Gasteiger charge is -2.17. The van der Waals surface area contributed by atoms with Crippen LogP contribution in [0, 0.1) is 0 Å². The SMILES string of the molecule is c1ccc(-c2cc(-c3ccccc3)c3c(c2)c2ccccc2c2ccc(-c4nc(-c5ccccc5)nc(-c5ccccc5)n4)cc23)cc1. The van der Waals surface area contributed by atoms with Crippen molar-refractivity contribution in [3.63, 3.8) is 0 Å². The number of benzene rings is 8. The third kappa shape index (κ3) is 4.90. The van der Waals surface area contributed by atoms with Crippen molar-refractivity contribution in [1.82, 2.24) is 15.0 Å². The van der Waals surface area contributed by atoms with Gasteiger partial charge in [0.2, 0.25) is 0 Å². The number of rotatable bonds is 5. The van der Waals surface area contributed by atoms with Gasteiger partial charge in [-0.05, 0) is 72.8 Å². The highest BCUT2D eigenvalue weighted by atomic mass is 15.0. The highest BCUT2D eigenvalue weighted by molar-refractivity contribution is 6.29. The van der Waals surface area contributed by atoms with Crippen LogP contribution >= 0.6 is 0 Å². The normalized spacial score (nSPS) is 11.3. The summed E-state index contributed by atoms with van der Waals surface area (Å²) in [5.41, 5.74) is 7.62. The Morgan fingerprint density at radius 2 is 0.646 bits per heavy atom. The van der Waals surface area contributed by atoms with Crippen molar-refractivity contribution < 1.29 is 0 Å². The second-order valence-corrected chi connectivity index (χ2v) is 12.0. The zero-order chi connectivity index (χ0) is 31.9. The van der Waals surface area contributed by atoms with Crippen LogP contribution in [0.15, 0.2) is 176 Å². The summed E-state index contributed by atoms with van der Waals surface area (Å²) in [5, 5.41) is 7.27. The van der Waals surface area contributed by atoms with E-state index >= 15 is 0 Å². The van der Waals surface area contributed by atoms with Crippen LogP contribution in [-0.4, -0.2) is 15.0 Å². The molecule has 9 rings (SSSR count). The molecule has 0 saturated heterocycles. The molecule has 0 atom stereocenters. The molecule has 0 unspecified atom stereocenters. The molecule has 1 heterocycles. The minimum atomic E-state index is 0.646. The summed E-state index contributed by atoms with van der Waals surface area (Å²) in [6, 6.07) is 61.8. The van der Waals surface area contributed by atoms with Crippen molar-refractivity contribution in [2.45, 2.75) is 0 Å². The van der Waals surface area contributed by atoms with Crippen molar-refractivity contribution in [2.24, 2.45) is 0 Å². The van der Waals surface area contributed by atoms with Gasteiger partial charge >= 0.3 is 0 Å². The van der Waals surface area contributed by atoms with E-state index < -0.39 is 0 Å². The standard InChI is InChI=1S/C45H29N3/c1-5-15-30(16-6-1)35-28-39(31-17-7-2-8-18-31)42-40-27-34(25-26-38(40)36-23-13-14-24-37(36)41(42)29-35)45-47-43(32-19-9-3-10-20-32)46-44(48-45)33-21-11-4-12-22-33/h1-29H. The molecule has 0 spiro atoms. The lowest BCUT2D eigenvalue weighted by molar-refractivity contribution is 1.07. The number of hydrogen-bond donors (Lipinski definition) is 0. The molecule has 0 N–H and O–H groups in total. The Morgan fingerprint density at radius 1 is 0.250 bits per heavy atom. The molecule has 0 aliphatic carbocycles. The number of fused-ring (bicyclic) bond motifs is 6. The fourth-order valence-corrected chi connectivity index (χ4v) is 6.80. The molecule has 9 aromatic rings. The number of hydrogen-bond acceptors (Lipinski definition) is 3. The molecule has 0 amide bonds. The predicted octanol–water partition coefficient (Wildman–Crippen LogP) is 11.7. The smallest absolute Gasteiger partial charge is 0.164 e. The maximum absolute atomic E-state index is 5.06. The van der Waals surface area contributed by atoms with Gasteiger partial charge in [-0.15, -0.1) is 0 Å². The van der Waals surface area contributed by atoms with E-state index in [1.165, 1.54) is 54.6 Å². The summed E-state index contributed by atoms with van der Waals surface area (Å²) < 4.78 is 0. The average Bonchev–Trinajstić information content (AvgIpc) is 3.18. The quantitative estimate of drug-likeness (QED) is 0.182. The van der Waals surface area contributed by atoms with E-state index in [1.807, 2.05) is 60.7 Å². The van der Waals surface area contributed by atoms with E-state index in [0.29, 0.717) is 17.5 Å². The molecule has 0 aliphatic rings. The van der Waals surface area contributed by atoms with Gasteiger partial charge in [0.15, 0.2) is 17.5 Å². The van der Waals surface area contributed by atoms with Crippen molar-refractivity contribution in [3.05, 3.63) is 176 Å². The monoisotopic (exact) mass is 611 g/mol. The lowest BCUT2D eigenvalue weighted by atomic mass is 9.86. The minimum absolute atomic E-state index is 0.646. The van der Waals surface area contributed by atoms with E-state index in [2.05, 4.69) is 115 Å². The molecule has 48 heavy (non-hydrogen) atoms. The van der Waals surface area contributed by atoms with Gasteiger partial charge in [0, 0.05) is 16.7 Å². The maximum Gasteiger partial charge on any atom is 0.164 e. The van der Waals surface area contributed by atoms with Gasteiger partial charge in [0.25, 0.3) is 0 Å². The molecule has 0 fully saturated rings. The topological polar surface area (TPSA) is 38.7 Å². The molecule has 1 aromatic heterocycles. The Bertz CT molecular complexity index is 2520. The summed E-state index contributed by atoms with van der Waals surface area (Å²) in [4.78, 5) is 15.0. The zero-order valence-corrected chi connectivity index (χ0v) is 26.1. The molecule has 0 bridgehead atoms. The van der Waals surface area contributed by atoms with Crippen LogP contribution in [0.2, 0.25) is 0 Å². The number of nitrogens with zero attached hydrogens (tertiary/aromatic N) is 3. The van der Waals surface area contributed by atoms with Crippen LogP contribution in [0.4, 0.5) is 0 Å². The van der Waals surface area contributed by atoms with Crippen molar-refractivity contribution in [3.8, 4) is 56.4 Å². The van der Waals surface area contributed by atoms with Crippen LogP contribution in [0.25, 0.3) is 88.7 Å². The van der Waals surface area contributed by atoms with Gasteiger partial charge in [-0.2, -0.15) is 0 Å². The Balaban J connectivity index is 1.37. The summed E-state index contributed by atoms with van der Waals surface area (Å²) in [6.07, 6.45) is 0. The van der Waals surface area contributed by atoms with E-state index in [4.69, 9.17) is 15.0 Å². The zero-order valence-electron chi connectivity index (χ0n) is 26.1. The van der Waals surface area contributed by atoms with Gasteiger partial charge < -0.3 is 0 Å². The third-order valence-corrected chi connectivity index (χ3v) is 9.08. The fraction of sp³-hybridized carbons (Fsp3) is 0. The van der Waals surface area contributed by atoms with Gasteiger partial charge in [-0.25, -0.2) is 15.0 Å². The van der Waals surface area contributed by atoms with Crippen molar-refractivity contribution in [2.75, 3.05) is 0 Å². The second kappa shape index (κ2) is 11.7. The van der Waals surface area contributed by atoms with Crippen molar-refractivity contribution >= 4 is 32.3 Å². The summed E-state index contributed by atoms with van der Waals surface area (Å²) in [6.45, 7) is 0. The predicted molar refractivity (Wildman–Crippen MR) is 200 cm³/mol. The van der Waals surface area contributed by atoms with Gasteiger partial charge in [-0.1, -0.05) is 158 Å². The molecule has 0 aliphatic heterocycles. The first kappa shape index (κ1) is 27.8. The third-order valence-electron chi connectivity index (χ3n) is 9.08. The van der Waals surface area contributed by atoms with E-state index in [-0.39, 0.29) is 0 Å². The summed E-state index contributed by atoms with van der Waals surface area (Å²) >= 11 is 0. The highest BCUT2D eigenvalue weighted by Crippen LogP contribution is 2.43. The summed E-state index contributed by atoms with van der Waals surface area (Å²) in [5.74, 6) is 1.95. The number of aromatic nitrogens is 3. The molecule has 0 saturated carbocycles. The van der Waals surface area contributed by atoms with Crippen LogP contribution in [-0.2, 0) is 0 Å². The van der Waals surface area contributed by atoms with E-state index in [1.54, 1.807) is 0 Å². The van der Waals surface area contributed by atoms with Crippen LogP contribution in [0.5, 0.6) is 0 Å². The molecule has 3 nitrogen and oxygen atoms in total. The second-order valence-electron chi connectivity index (χ2n) is 12.0. The van der Waals surface area contributed by atoms with Crippen LogP contribution in [0.1, 0.15) is 0 Å². The van der Waals surface area contributed by atoms with Gasteiger partial charge in [0.05, 0.1) is 0 Å². The Morgan fingerprint density at radius 3 is 1.19 bits per heavy atom. The molecule has 8 aromatic carbocycles. The van der Waals surface area contributed by atoms with E-state index in [9.17, 15) is 0 Å². The molecule has 3 heteroatoms. The first-order chi connectivity index (χ1) is 23.8. The maximum atomic E-state index is 5.06. The average molecular weight is 612 g/mol. The van der Waals surface area contributed by atoms with E-state index in [0.717, 1.165) is 16.7 Å². The first-order valence-corrected chi connectivity index (χ1v) is 16.2. The van der Waals surface area contributed by atoms with Gasteiger partial charge in [0.1, 0.15) is 0 Å². The Labute approximate surface area is 278 Å². The highest BCUT2D eigenvalue weighted by Gasteiger charge is 2.18. The van der Waals surface area contributed by atoms with Gasteiger partial charge in [-0.3, -0.25) is 0 Å². The molecular formula is C45H29N3. The Hall–Kier alpha value is -6.45. The first-order valence-electron chi connectivity index (χ1n) is 16.2. The molecular weight excluding hydrogens is 583 g/mol. The van der Waals surface area contributed by atoms with Crippen LogP contribution < -0.4 is 0 Å². The Kier molecular flexibility index (Phi) is 6.80. The summed E-state index contributed by atoms with van der Waals surface area (Å²) in [7, 11) is 0. The van der Waals surface area contributed by atoms with Crippen LogP contribution in [0.3, 0.4) is 0 Å². The minimum Gasteiger partial charge on any atom is -0.208 e. The lowest BCUT2D eigenvalue weighted by Crippen LogP contribution is -2.00.